The van der Waals surface area contributed by atoms with Gasteiger partial charge in [-0.15, -0.1) is 0 Å². The van der Waals surface area contributed by atoms with Crippen molar-refractivity contribution < 1.29 is 28.2 Å². The van der Waals surface area contributed by atoms with Crippen LogP contribution in [-0.2, 0) is 16.1 Å². The molecule has 0 fully saturated rings. The lowest BCUT2D eigenvalue weighted by Crippen LogP contribution is -2.50. The van der Waals surface area contributed by atoms with Gasteiger partial charge in [-0.2, -0.15) is 8.78 Å². The molecule has 0 aliphatic carbocycles. The number of amides is 1. The molecular weight excluding hydrogens is 284 g/mol. The number of ether oxygens (including phenoxy) is 1. The number of aliphatic carboxylic acids is 1. The van der Waals surface area contributed by atoms with Crippen LogP contribution in [0.1, 0.15) is 5.56 Å². The Morgan fingerprint density at radius 2 is 1.95 bits per heavy atom. The first-order valence-electron chi connectivity index (χ1n) is 5.07. The van der Waals surface area contributed by atoms with Crippen molar-refractivity contribution in [3.8, 4) is 0 Å². The highest BCUT2D eigenvalue weighted by molar-refractivity contribution is 6.23. The average Bonchev–Trinajstić information content (AvgIpc) is 2.33. The molecule has 0 saturated heterocycles. The van der Waals surface area contributed by atoms with Crippen LogP contribution >= 0.6 is 11.6 Å². The van der Waals surface area contributed by atoms with Crippen LogP contribution in [0.2, 0.25) is 0 Å². The van der Waals surface area contributed by atoms with E-state index in [4.69, 9.17) is 5.11 Å². The molecule has 1 aromatic rings. The van der Waals surface area contributed by atoms with E-state index in [0.717, 1.165) is 0 Å². The number of alkyl halides is 3. The molecule has 19 heavy (non-hydrogen) atoms. The Labute approximate surface area is 112 Å². The molecule has 8 heteroatoms. The average molecular weight is 294 g/mol. The predicted molar refractivity (Wildman–Crippen MR) is 62.0 cm³/mol. The third-order valence-electron chi connectivity index (χ3n) is 2.05. The van der Waals surface area contributed by atoms with Gasteiger partial charge in [0.25, 0.3) is 0 Å². The number of carboxylic acid groups (broad SMARTS) is 1. The minimum atomic E-state index is -4.11. The highest BCUT2D eigenvalue weighted by Gasteiger charge is 2.44. The summed E-state index contributed by atoms with van der Waals surface area (Å²) in [6.07, 6.45) is -1.29. The molecule has 0 aromatic heterocycles. The van der Waals surface area contributed by atoms with E-state index in [1.165, 1.54) is 5.32 Å². The Balaban J connectivity index is 2.52. The molecule has 2 N–H and O–H groups in total. The zero-order valence-corrected chi connectivity index (χ0v) is 10.2. The molecule has 1 amide bonds. The maximum Gasteiger partial charge on any atom is 0.408 e. The summed E-state index contributed by atoms with van der Waals surface area (Å²) >= 11 is 4.57. The number of benzene rings is 1. The van der Waals surface area contributed by atoms with Crippen LogP contribution in [0.3, 0.4) is 0 Å². The van der Waals surface area contributed by atoms with Gasteiger partial charge in [0, 0.05) is 0 Å². The molecule has 104 valence electrons. The third kappa shape index (κ3) is 5.09. The van der Waals surface area contributed by atoms with Gasteiger partial charge in [-0.25, -0.2) is 9.59 Å². The second kappa shape index (κ2) is 6.33. The molecule has 5 nitrogen and oxygen atoms in total. The fourth-order valence-corrected chi connectivity index (χ4v) is 1.31. The first kappa shape index (κ1) is 15.2. The fourth-order valence-electron chi connectivity index (χ4n) is 1.17. The number of alkyl carbamates (subject to hydrolysis) is 1. The van der Waals surface area contributed by atoms with Crippen LogP contribution in [0.5, 0.6) is 0 Å². The van der Waals surface area contributed by atoms with Crippen molar-refractivity contribution >= 4 is 23.7 Å². The highest BCUT2D eigenvalue weighted by atomic mass is 35.5. The van der Waals surface area contributed by atoms with E-state index in [2.05, 4.69) is 16.3 Å². The molecule has 0 bridgehead atoms. The minimum absolute atomic E-state index is 0.174. The Morgan fingerprint density at radius 3 is 2.42 bits per heavy atom. The maximum absolute atomic E-state index is 12.7. The first-order valence-corrected chi connectivity index (χ1v) is 5.45. The molecule has 0 spiro atoms. The van der Waals surface area contributed by atoms with Crippen molar-refractivity contribution in [2.75, 3.05) is 0 Å². The molecule has 0 aliphatic heterocycles. The predicted octanol–water partition coefficient (Wildman–Crippen LogP) is 2.20. The van der Waals surface area contributed by atoms with Crippen molar-refractivity contribution in [2.45, 2.75) is 18.0 Å². The fraction of sp³-hybridized carbons (Fsp3) is 0.273. The number of rotatable bonds is 5. The SMILES string of the molecule is O=C(N[C@H](C(=O)O)C(F)(F)Cl)OCc1ccccc1. The lowest BCUT2D eigenvalue weighted by Gasteiger charge is -2.18. The largest absolute Gasteiger partial charge is 0.480 e. The van der Waals surface area contributed by atoms with Gasteiger partial charge in [-0.1, -0.05) is 30.3 Å². The molecule has 0 unspecified atom stereocenters. The Hall–Kier alpha value is -1.89. The third-order valence-corrected chi connectivity index (χ3v) is 2.27. The zero-order chi connectivity index (χ0) is 14.5. The number of halogens is 3. The summed E-state index contributed by atoms with van der Waals surface area (Å²) in [5.41, 5.74) is 0.627. The van der Waals surface area contributed by atoms with Crippen LogP contribution in [0.4, 0.5) is 13.6 Å². The molecule has 1 rings (SSSR count). The van der Waals surface area contributed by atoms with E-state index in [0.29, 0.717) is 5.56 Å². The number of nitrogens with one attached hydrogen (secondary N) is 1. The number of hydrogen-bond acceptors (Lipinski definition) is 3. The Kier molecular flexibility index (Phi) is 5.05. The topological polar surface area (TPSA) is 75.6 Å². The second-order valence-corrected chi connectivity index (χ2v) is 4.02. The van der Waals surface area contributed by atoms with Crippen LogP contribution in [0, 0.1) is 0 Å². The molecule has 0 radical (unpaired) electrons. The first-order chi connectivity index (χ1) is 8.80. The molecule has 1 aromatic carbocycles. The lowest BCUT2D eigenvalue weighted by molar-refractivity contribution is -0.145. The number of carboxylic acids is 1. The van der Waals surface area contributed by atoms with E-state index in [-0.39, 0.29) is 6.61 Å². The van der Waals surface area contributed by atoms with Crippen LogP contribution in [-0.4, -0.2) is 28.6 Å². The normalized spacial score (nSPS) is 12.6. The zero-order valence-electron chi connectivity index (χ0n) is 9.48. The number of carbonyl (C=O) groups excluding carboxylic acids is 1. The molecule has 1 atom stereocenters. The van der Waals surface area contributed by atoms with Gasteiger partial charge >= 0.3 is 17.4 Å². The van der Waals surface area contributed by atoms with E-state index in [1.54, 1.807) is 30.3 Å². The van der Waals surface area contributed by atoms with Gasteiger partial charge in [-0.3, -0.25) is 0 Å². The molecular formula is C11H10ClF2NO4. The van der Waals surface area contributed by atoms with Crippen LogP contribution < -0.4 is 5.32 Å². The number of carbonyl (C=O) groups is 2. The lowest BCUT2D eigenvalue weighted by atomic mass is 10.2. The number of hydrogen-bond donors (Lipinski definition) is 2. The monoisotopic (exact) mass is 293 g/mol. The summed E-state index contributed by atoms with van der Waals surface area (Å²) in [4.78, 5) is 21.7. The van der Waals surface area contributed by atoms with Gasteiger partial charge in [0.15, 0.2) is 0 Å². The highest BCUT2D eigenvalue weighted by Crippen LogP contribution is 2.23. The van der Waals surface area contributed by atoms with Gasteiger partial charge < -0.3 is 15.2 Å². The van der Waals surface area contributed by atoms with Gasteiger partial charge in [0.05, 0.1) is 0 Å². The van der Waals surface area contributed by atoms with E-state index in [1.807, 2.05) is 0 Å². The van der Waals surface area contributed by atoms with Crippen molar-refractivity contribution in [1.82, 2.24) is 5.32 Å². The van der Waals surface area contributed by atoms with E-state index >= 15 is 0 Å². The minimum Gasteiger partial charge on any atom is -0.480 e. The van der Waals surface area contributed by atoms with E-state index in [9.17, 15) is 18.4 Å². The Morgan fingerprint density at radius 1 is 1.37 bits per heavy atom. The van der Waals surface area contributed by atoms with Crippen molar-refractivity contribution in [2.24, 2.45) is 0 Å². The van der Waals surface area contributed by atoms with Gasteiger partial charge in [0.1, 0.15) is 6.61 Å². The van der Waals surface area contributed by atoms with E-state index < -0.39 is 23.5 Å². The smallest absolute Gasteiger partial charge is 0.408 e. The van der Waals surface area contributed by atoms with Gasteiger partial charge in [-0.05, 0) is 17.2 Å². The summed E-state index contributed by atoms with van der Waals surface area (Å²) in [5.74, 6) is -1.96. The molecule has 0 saturated carbocycles. The summed E-state index contributed by atoms with van der Waals surface area (Å²) < 4.78 is 29.9. The molecule has 0 aliphatic rings. The summed E-state index contributed by atoms with van der Waals surface area (Å²) in [7, 11) is 0. The molecule has 0 heterocycles. The van der Waals surface area contributed by atoms with Crippen LogP contribution in [0.25, 0.3) is 0 Å². The maximum atomic E-state index is 12.7. The Bertz CT molecular complexity index is 450. The van der Waals surface area contributed by atoms with Crippen LogP contribution in [0.15, 0.2) is 30.3 Å². The summed E-state index contributed by atoms with van der Waals surface area (Å²) in [6.45, 7) is -0.174. The standard InChI is InChI=1S/C11H10ClF2NO4/c12-11(13,14)8(9(16)17)15-10(18)19-6-7-4-2-1-3-5-7/h1-5,8H,6H2,(H,15,18)(H,16,17)/t8-/m1/s1. The van der Waals surface area contributed by atoms with Crippen molar-refractivity contribution in [3.63, 3.8) is 0 Å². The van der Waals surface area contributed by atoms with Gasteiger partial charge in [0.2, 0.25) is 6.04 Å². The summed E-state index contributed by atoms with van der Waals surface area (Å²) in [5, 5.41) is 5.88. The second-order valence-electron chi connectivity index (χ2n) is 3.52. The summed E-state index contributed by atoms with van der Waals surface area (Å²) in [6, 6.07) is 5.89. The van der Waals surface area contributed by atoms with Crippen molar-refractivity contribution in [3.05, 3.63) is 35.9 Å². The quantitative estimate of drug-likeness (QED) is 0.816. The van der Waals surface area contributed by atoms with Crippen molar-refractivity contribution in [1.29, 1.82) is 0 Å².